The fourth-order valence-corrected chi connectivity index (χ4v) is 5.30. The summed E-state index contributed by atoms with van der Waals surface area (Å²) in [5, 5.41) is 5.38. The first-order valence-corrected chi connectivity index (χ1v) is 19.8. The van der Waals surface area contributed by atoms with Crippen molar-refractivity contribution in [2.75, 3.05) is 22.1 Å². The van der Waals surface area contributed by atoms with Crippen molar-refractivity contribution >= 4 is 54.3 Å². The highest BCUT2D eigenvalue weighted by Crippen LogP contribution is 2.45. The zero-order chi connectivity index (χ0) is 47.6. The number of nitrogens with one attached hydrogen (secondary N) is 2. The van der Waals surface area contributed by atoms with Crippen LogP contribution in [0, 0.1) is 0 Å². The predicted octanol–water partition coefficient (Wildman–Crippen LogP) is 7.99. The highest BCUT2D eigenvalue weighted by Gasteiger charge is 2.58. The van der Waals surface area contributed by atoms with Gasteiger partial charge in [0.25, 0.3) is 5.88 Å². The molecule has 0 bridgehead atoms. The summed E-state index contributed by atoms with van der Waals surface area (Å²) >= 11 is 0. The monoisotopic (exact) mass is 885 g/mol. The zero-order valence-corrected chi connectivity index (χ0v) is 38.9. The van der Waals surface area contributed by atoms with Crippen LogP contribution in [-0.2, 0) is 47.4 Å². The molecule has 2 N–H and O–H groups in total. The molecule has 0 aliphatic carbocycles. The molecule has 350 valence electrons. The zero-order valence-electron chi connectivity index (χ0n) is 38.9. The largest absolute Gasteiger partial charge is 0.515 e. The lowest BCUT2D eigenvalue weighted by Crippen LogP contribution is -2.70. The number of anilines is 3. The first-order valence-electron chi connectivity index (χ1n) is 19.8. The predicted molar refractivity (Wildman–Crippen MR) is 218 cm³/mol. The molecule has 5 atom stereocenters. The van der Waals surface area contributed by atoms with Crippen LogP contribution in [0.4, 0.5) is 46.2 Å². The second-order valence-electron chi connectivity index (χ2n) is 20.2. The van der Waals surface area contributed by atoms with E-state index in [-0.39, 0.29) is 5.69 Å². The van der Waals surface area contributed by atoms with Gasteiger partial charge in [-0.15, -0.1) is 0 Å². The number of carbonyl (C=O) groups is 6. The molecule has 0 radical (unpaired) electrons. The van der Waals surface area contributed by atoms with E-state index in [0.717, 1.165) is 4.90 Å². The van der Waals surface area contributed by atoms with Crippen molar-refractivity contribution < 1.29 is 80.9 Å². The van der Waals surface area contributed by atoms with E-state index < -0.39 is 125 Å². The summed E-state index contributed by atoms with van der Waals surface area (Å²) < 4.78 is 62.0. The molecule has 1 aromatic heterocycles. The van der Waals surface area contributed by atoms with Crippen LogP contribution in [0.25, 0.3) is 0 Å². The van der Waals surface area contributed by atoms with Crippen LogP contribution in [0.5, 0.6) is 5.88 Å². The topological polar surface area (TPSA) is 257 Å². The molecule has 2 aliphatic rings. The Morgan fingerprint density at radius 3 is 1.53 bits per heavy atom. The third-order valence-electron chi connectivity index (χ3n) is 7.09. The van der Waals surface area contributed by atoms with Gasteiger partial charge in [-0.25, -0.2) is 33.7 Å². The van der Waals surface area contributed by atoms with Crippen molar-refractivity contribution in [1.29, 1.82) is 0 Å². The van der Waals surface area contributed by atoms with Crippen molar-refractivity contribution in [3.63, 3.8) is 0 Å². The van der Waals surface area contributed by atoms with E-state index in [9.17, 15) is 28.8 Å². The van der Waals surface area contributed by atoms with E-state index in [1.165, 1.54) is 0 Å². The summed E-state index contributed by atoms with van der Waals surface area (Å²) in [5.41, 5.74) is -6.69. The minimum atomic E-state index is -1.73. The molecule has 3 rings (SSSR count). The normalized spacial score (nSPS) is 20.4. The summed E-state index contributed by atoms with van der Waals surface area (Å²) in [6.07, 6.45) is -13.7. The lowest BCUT2D eigenvalue weighted by atomic mass is 9.93. The van der Waals surface area contributed by atoms with E-state index >= 15 is 0 Å². The lowest BCUT2D eigenvalue weighted by Gasteiger charge is -2.50. The van der Waals surface area contributed by atoms with Crippen molar-refractivity contribution in [2.45, 2.75) is 189 Å². The molecular weight excluding hydrogens is 822 g/mol. The maximum absolute atomic E-state index is 14.5. The molecule has 0 unspecified atom stereocenters. The van der Waals surface area contributed by atoms with E-state index in [1.807, 2.05) is 0 Å². The highest BCUT2D eigenvalue weighted by molar-refractivity contribution is 5.95. The Labute approximate surface area is 361 Å². The molecule has 22 heteroatoms. The first kappa shape index (κ1) is 50.8. The van der Waals surface area contributed by atoms with E-state index in [4.69, 9.17) is 52.1 Å². The SMILES string of the molecule is CC(C)(C)OC(=O)Nc1nc(OC(=O)OC(C)(C)C)c2c(n1)N(C(=O)OC(C)(C)C)[C@@H]1O[C@H](COC(=O)OC(C)(C)C)[C@H](OC(=O)OC(C)(C)C)[C@H](OC(=O)OC(C)(C)C)[C@@H]1N2. The van der Waals surface area contributed by atoms with Crippen LogP contribution in [0.15, 0.2) is 0 Å². The maximum atomic E-state index is 14.5. The molecule has 1 saturated heterocycles. The van der Waals surface area contributed by atoms with Gasteiger partial charge in [-0.1, -0.05) is 0 Å². The molecule has 0 saturated carbocycles. The smallest absolute Gasteiger partial charge is 0.444 e. The van der Waals surface area contributed by atoms with Crippen molar-refractivity contribution in [1.82, 2.24) is 9.97 Å². The Kier molecular flexibility index (Phi) is 15.1. The molecule has 0 aromatic carbocycles. The van der Waals surface area contributed by atoms with Crippen LogP contribution in [0.3, 0.4) is 0 Å². The summed E-state index contributed by atoms with van der Waals surface area (Å²) in [7, 11) is 0. The lowest BCUT2D eigenvalue weighted by molar-refractivity contribution is -0.202. The number of aromatic nitrogens is 2. The number of hydrogen-bond acceptors (Lipinski definition) is 20. The average molecular weight is 886 g/mol. The van der Waals surface area contributed by atoms with Crippen LogP contribution < -0.4 is 20.3 Å². The molecule has 22 nitrogen and oxygen atoms in total. The van der Waals surface area contributed by atoms with Gasteiger partial charge < -0.3 is 57.4 Å². The highest BCUT2D eigenvalue weighted by atomic mass is 16.8. The van der Waals surface area contributed by atoms with Crippen molar-refractivity contribution in [3.8, 4) is 5.88 Å². The van der Waals surface area contributed by atoms with Gasteiger partial charge in [0.1, 0.15) is 58.0 Å². The molecule has 3 heterocycles. The van der Waals surface area contributed by atoms with Crippen molar-refractivity contribution in [2.24, 2.45) is 0 Å². The Balaban J connectivity index is 2.39. The molecule has 1 fully saturated rings. The number of hydrogen-bond donors (Lipinski definition) is 2. The second kappa shape index (κ2) is 18.4. The fraction of sp³-hybridized carbons (Fsp3) is 0.750. The first-order chi connectivity index (χ1) is 27.9. The summed E-state index contributed by atoms with van der Waals surface area (Å²) in [4.78, 5) is 90.1. The van der Waals surface area contributed by atoms with Gasteiger partial charge >= 0.3 is 36.8 Å². The molecular formula is C40H63N5O17. The number of fused-ring (bicyclic) bond motifs is 2. The summed E-state index contributed by atoms with van der Waals surface area (Å²) in [6.45, 7) is 27.9. The molecule has 2 amide bonds. The standard InChI is InChI=1S/C40H63N5O17/c1-35(2,3)57-29(46)44-28-42-25-22(26(43-28)56-34(51)62-40(16,17)18)41-21-24(55-33(50)61-39(13,14)15)23(54-32(49)60-38(10,11)12)20(19-52-31(48)59-37(7,8)9)53-27(21)45(25)30(47)58-36(4,5)6/h20-21,23-24,27,41H,19H2,1-18H3,(H,42,43,44,46)/t20-,21+,23+,24-,27-/m1/s1. The third-order valence-corrected chi connectivity index (χ3v) is 7.09. The molecule has 0 spiro atoms. The number of nitrogens with zero attached hydrogens (tertiary/aromatic N) is 3. The summed E-state index contributed by atoms with van der Waals surface area (Å²) in [6, 6.07) is -1.51. The van der Waals surface area contributed by atoms with Crippen LogP contribution in [0.2, 0.25) is 0 Å². The molecule has 62 heavy (non-hydrogen) atoms. The van der Waals surface area contributed by atoms with Crippen LogP contribution in [0.1, 0.15) is 125 Å². The van der Waals surface area contributed by atoms with Gasteiger partial charge in [0.15, 0.2) is 24.3 Å². The molecule has 2 aliphatic heterocycles. The van der Waals surface area contributed by atoms with Gasteiger partial charge in [-0.2, -0.15) is 9.97 Å². The number of amides is 2. The Morgan fingerprint density at radius 2 is 1.05 bits per heavy atom. The summed E-state index contributed by atoms with van der Waals surface area (Å²) in [5.74, 6) is -1.55. The number of rotatable bonds is 6. The Morgan fingerprint density at radius 1 is 0.597 bits per heavy atom. The third kappa shape index (κ3) is 16.4. The Hall–Kier alpha value is -5.54. The van der Waals surface area contributed by atoms with Crippen LogP contribution >= 0.6 is 0 Å². The Bertz CT molecular complexity index is 1830. The average Bonchev–Trinajstić information content (AvgIpc) is 2.98. The second-order valence-corrected chi connectivity index (χ2v) is 20.2. The number of ether oxygens (including phenoxy) is 11. The maximum Gasteiger partial charge on any atom is 0.515 e. The van der Waals surface area contributed by atoms with Gasteiger partial charge in [0.2, 0.25) is 5.95 Å². The minimum Gasteiger partial charge on any atom is -0.444 e. The molecule has 1 aromatic rings. The van der Waals surface area contributed by atoms with Gasteiger partial charge in [0, 0.05) is 0 Å². The van der Waals surface area contributed by atoms with Gasteiger partial charge in [0.05, 0.1) is 0 Å². The van der Waals surface area contributed by atoms with Gasteiger partial charge in [-0.3, -0.25) is 5.32 Å². The van der Waals surface area contributed by atoms with E-state index in [0.29, 0.717) is 0 Å². The quantitative estimate of drug-likeness (QED) is 0.203. The minimum absolute atomic E-state index is 0.321. The number of carbonyl (C=O) groups excluding carboxylic acids is 6. The van der Waals surface area contributed by atoms with E-state index in [2.05, 4.69) is 20.6 Å². The van der Waals surface area contributed by atoms with Crippen LogP contribution in [-0.4, -0.2) is 118 Å². The van der Waals surface area contributed by atoms with Gasteiger partial charge in [-0.05, 0) is 125 Å². The fourth-order valence-electron chi connectivity index (χ4n) is 5.30. The van der Waals surface area contributed by atoms with E-state index in [1.54, 1.807) is 125 Å². The van der Waals surface area contributed by atoms with Crippen molar-refractivity contribution in [3.05, 3.63) is 0 Å².